The van der Waals surface area contributed by atoms with Gasteiger partial charge in [0.05, 0.1) is 10.9 Å². The maximum absolute atomic E-state index is 12.9. The third-order valence-corrected chi connectivity index (χ3v) is 7.63. The highest BCUT2D eigenvalue weighted by Crippen LogP contribution is 2.24. The summed E-state index contributed by atoms with van der Waals surface area (Å²) in [7, 11) is -3.77. The summed E-state index contributed by atoms with van der Waals surface area (Å²) in [6.45, 7) is 12.3. The van der Waals surface area contributed by atoms with Crippen molar-refractivity contribution < 1.29 is 13.2 Å². The van der Waals surface area contributed by atoms with Crippen molar-refractivity contribution in [1.29, 1.82) is 0 Å². The van der Waals surface area contributed by atoms with Gasteiger partial charge in [0.2, 0.25) is 15.9 Å². The molecule has 1 heterocycles. The SMILES string of the molecule is Cc1ccc(S(=O)(=O)N[C@H](C)C(=O)N[C@H](CN2CCc3ccccc3C2)C(C)(C)C)cc1. The Labute approximate surface area is 192 Å². The average Bonchev–Trinajstić information content (AvgIpc) is 2.72. The van der Waals surface area contributed by atoms with E-state index < -0.39 is 16.1 Å². The summed E-state index contributed by atoms with van der Waals surface area (Å²) in [5.41, 5.74) is 3.52. The van der Waals surface area contributed by atoms with E-state index in [2.05, 4.69) is 60.0 Å². The van der Waals surface area contributed by atoms with Crippen LogP contribution in [-0.4, -0.2) is 44.4 Å². The Hall–Kier alpha value is -2.22. The molecule has 2 aromatic rings. The molecule has 32 heavy (non-hydrogen) atoms. The summed E-state index contributed by atoms with van der Waals surface area (Å²) < 4.78 is 27.9. The van der Waals surface area contributed by atoms with Crippen LogP contribution in [0.4, 0.5) is 0 Å². The highest BCUT2D eigenvalue weighted by molar-refractivity contribution is 7.89. The van der Waals surface area contributed by atoms with Crippen molar-refractivity contribution in [1.82, 2.24) is 14.9 Å². The van der Waals surface area contributed by atoms with Gasteiger partial charge in [-0.2, -0.15) is 4.72 Å². The number of rotatable bonds is 7. The van der Waals surface area contributed by atoms with Crippen molar-refractivity contribution in [2.75, 3.05) is 13.1 Å². The van der Waals surface area contributed by atoms with Crippen molar-refractivity contribution in [3.05, 3.63) is 65.2 Å². The quantitative estimate of drug-likeness (QED) is 0.669. The monoisotopic (exact) mass is 457 g/mol. The van der Waals surface area contributed by atoms with Gasteiger partial charge in [-0.1, -0.05) is 62.7 Å². The number of carbonyl (C=O) groups excluding carboxylic acids is 1. The highest BCUT2D eigenvalue weighted by Gasteiger charge is 2.31. The number of amides is 1. The van der Waals surface area contributed by atoms with E-state index in [9.17, 15) is 13.2 Å². The molecular formula is C25H35N3O3S. The Morgan fingerprint density at radius 2 is 1.69 bits per heavy atom. The lowest BCUT2D eigenvalue weighted by Crippen LogP contribution is -2.55. The molecule has 0 fully saturated rings. The summed E-state index contributed by atoms with van der Waals surface area (Å²) in [6, 6.07) is 14.1. The fraction of sp³-hybridized carbons (Fsp3) is 0.480. The first kappa shape index (κ1) is 24.4. The number of hydrogen-bond acceptors (Lipinski definition) is 4. The predicted molar refractivity (Wildman–Crippen MR) is 128 cm³/mol. The number of aryl methyl sites for hydroxylation is 1. The molecule has 7 heteroatoms. The Morgan fingerprint density at radius 1 is 1.06 bits per heavy atom. The van der Waals surface area contributed by atoms with E-state index >= 15 is 0 Å². The van der Waals surface area contributed by atoms with E-state index in [1.54, 1.807) is 31.2 Å². The smallest absolute Gasteiger partial charge is 0.241 e. The predicted octanol–water partition coefficient (Wildman–Crippen LogP) is 3.25. The van der Waals surface area contributed by atoms with E-state index in [-0.39, 0.29) is 22.3 Å². The normalized spacial score (nSPS) is 16.8. The Kier molecular flexibility index (Phi) is 7.43. The van der Waals surface area contributed by atoms with Crippen molar-refractivity contribution in [2.45, 2.75) is 64.6 Å². The number of hydrogen-bond donors (Lipinski definition) is 2. The van der Waals surface area contributed by atoms with Crippen molar-refractivity contribution in [2.24, 2.45) is 5.41 Å². The molecular weight excluding hydrogens is 422 g/mol. The first-order valence-electron chi connectivity index (χ1n) is 11.1. The maximum Gasteiger partial charge on any atom is 0.241 e. The minimum atomic E-state index is -3.77. The third kappa shape index (κ3) is 6.18. The zero-order chi connectivity index (χ0) is 23.5. The van der Waals surface area contributed by atoms with Gasteiger partial charge in [0.1, 0.15) is 0 Å². The zero-order valence-corrected chi connectivity index (χ0v) is 20.5. The standard InChI is InChI=1S/C25H35N3O3S/c1-18-10-12-22(13-11-18)32(30,31)27-19(2)24(29)26-23(25(3,4)5)17-28-15-14-20-8-6-7-9-21(20)16-28/h6-13,19,23,27H,14-17H2,1-5H3,(H,26,29)/t19-,23-/m1/s1. The van der Waals surface area contributed by atoms with E-state index in [1.807, 2.05) is 6.92 Å². The van der Waals surface area contributed by atoms with E-state index in [1.165, 1.54) is 11.1 Å². The maximum atomic E-state index is 12.9. The summed E-state index contributed by atoms with van der Waals surface area (Å²) in [5, 5.41) is 3.10. The van der Waals surface area contributed by atoms with Crippen LogP contribution in [0.1, 0.15) is 44.4 Å². The van der Waals surface area contributed by atoms with E-state index in [0.717, 1.165) is 25.1 Å². The number of benzene rings is 2. The molecule has 6 nitrogen and oxygen atoms in total. The van der Waals surface area contributed by atoms with Gasteiger partial charge in [-0.25, -0.2) is 8.42 Å². The minimum absolute atomic E-state index is 0.119. The second kappa shape index (κ2) is 9.73. The number of nitrogens with zero attached hydrogens (tertiary/aromatic N) is 1. The molecule has 3 rings (SSSR count). The molecule has 2 atom stereocenters. The molecule has 174 valence electrons. The lowest BCUT2D eigenvalue weighted by molar-refractivity contribution is -0.124. The van der Waals surface area contributed by atoms with Crippen LogP contribution in [0.2, 0.25) is 0 Å². The molecule has 0 bridgehead atoms. The van der Waals surface area contributed by atoms with E-state index in [0.29, 0.717) is 6.54 Å². The van der Waals surface area contributed by atoms with Crippen molar-refractivity contribution >= 4 is 15.9 Å². The Morgan fingerprint density at radius 3 is 2.31 bits per heavy atom. The van der Waals surface area contributed by atoms with Crippen LogP contribution >= 0.6 is 0 Å². The number of fused-ring (bicyclic) bond motifs is 1. The summed E-state index contributed by atoms with van der Waals surface area (Å²) in [6.07, 6.45) is 0.994. The molecule has 0 saturated carbocycles. The summed E-state index contributed by atoms with van der Waals surface area (Å²) >= 11 is 0. The van der Waals surface area contributed by atoms with Gasteiger partial charge in [0, 0.05) is 25.7 Å². The van der Waals surface area contributed by atoms with Crippen LogP contribution in [-0.2, 0) is 27.8 Å². The average molecular weight is 458 g/mol. The minimum Gasteiger partial charge on any atom is -0.350 e. The number of sulfonamides is 1. The van der Waals surface area contributed by atoms with Crippen molar-refractivity contribution in [3.63, 3.8) is 0 Å². The van der Waals surface area contributed by atoms with Crippen LogP contribution in [0, 0.1) is 12.3 Å². The molecule has 0 radical (unpaired) electrons. The molecule has 0 unspecified atom stereocenters. The molecule has 2 N–H and O–H groups in total. The fourth-order valence-electron chi connectivity index (χ4n) is 3.87. The summed E-state index contributed by atoms with van der Waals surface area (Å²) in [4.78, 5) is 15.5. The lowest BCUT2D eigenvalue weighted by atomic mass is 9.85. The Bertz CT molecular complexity index is 1040. The molecule has 1 aliphatic heterocycles. The van der Waals surface area contributed by atoms with Gasteiger partial charge in [-0.3, -0.25) is 9.69 Å². The molecule has 0 spiro atoms. The highest BCUT2D eigenvalue weighted by atomic mass is 32.2. The van der Waals surface area contributed by atoms with Crippen LogP contribution < -0.4 is 10.0 Å². The van der Waals surface area contributed by atoms with Gasteiger partial charge < -0.3 is 5.32 Å². The molecule has 2 aromatic carbocycles. The van der Waals surface area contributed by atoms with Gasteiger partial charge in [-0.15, -0.1) is 0 Å². The van der Waals surface area contributed by atoms with Gasteiger partial charge in [0.15, 0.2) is 0 Å². The van der Waals surface area contributed by atoms with Gasteiger partial charge >= 0.3 is 0 Å². The third-order valence-electron chi connectivity index (χ3n) is 6.07. The second-order valence-electron chi connectivity index (χ2n) is 9.84. The van der Waals surface area contributed by atoms with Crippen LogP contribution in [0.15, 0.2) is 53.4 Å². The lowest BCUT2D eigenvalue weighted by Gasteiger charge is -2.38. The molecule has 0 aliphatic carbocycles. The molecule has 1 amide bonds. The van der Waals surface area contributed by atoms with Crippen LogP contribution in [0.3, 0.4) is 0 Å². The first-order chi connectivity index (χ1) is 15.0. The number of nitrogens with one attached hydrogen (secondary N) is 2. The van der Waals surface area contributed by atoms with Crippen LogP contribution in [0.25, 0.3) is 0 Å². The molecule has 0 saturated heterocycles. The fourth-order valence-corrected chi connectivity index (χ4v) is 5.08. The number of carbonyl (C=O) groups is 1. The van der Waals surface area contributed by atoms with E-state index in [4.69, 9.17) is 0 Å². The second-order valence-corrected chi connectivity index (χ2v) is 11.6. The summed E-state index contributed by atoms with van der Waals surface area (Å²) in [5.74, 6) is -0.321. The largest absolute Gasteiger partial charge is 0.350 e. The molecule has 1 aliphatic rings. The molecule has 0 aromatic heterocycles. The van der Waals surface area contributed by atoms with Crippen LogP contribution in [0.5, 0.6) is 0 Å². The van der Waals surface area contributed by atoms with Gasteiger partial charge in [0.25, 0.3) is 0 Å². The Balaban J connectivity index is 1.65. The zero-order valence-electron chi connectivity index (χ0n) is 19.7. The topological polar surface area (TPSA) is 78.5 Å². The van der Waals surface area contributed by atoms with Gasteiger partial charge in [-0.05, 0) is 48.9 Å². The van der Waals surface area contributed by atoms with Crippen molar-refractivity contribution in [3.8, 4) is 0 Å². The first-order valence-corrected chi connectivity index (χ1v) is 12.6.